The predicted molar refractivity (Wildman–Crippen MR) is 134 cm³/mol. The van der Waals surface area contributed by atoms with Gasteiger partial charge >= 0.3 is 11.9 Å². The van der Waals surface area contributed by atoms with Crippen molar-refractivity contribution in [2.45, 2.75) is 63.9 Å². The number of nitrogens with zero attached hydrogens (tertiary/aromatic N) is 1. The van der Waals surface area contributed by atoms with Crippen LogP contribution >= 0.6 is 0 Å². The Morgan fingerprint density at radius 3 is 2.16 bits per heavy atom. The number of benzene rings is 1. The van der Waals surface area contributed by atoms with Gasteiger partial charge in [-0.25, -0.2) is 9.59 Å². The van der Waals surface area contributed by atoms with E-state index in [1.54, 1.807) is 26.0 Å². The number of carbonyl (C=O) groups is 2. The first-order valence-corrected chi connectivity index (χ1v) is 13.0. The van der Waals surface area contributed by atoms with E-state index >= 15 is 0 Å². The van der Waals surface area contributed by atoms with E-state index in [2.05, 4.69) is 5.32 Å². The van der Waals surface area contributed by atoms with E-state index in [1.165, 1.54) is 38.5 Å². The van der Waals surface area contributed by atoms with Crippen LogP contribution in [-0.4, -0.2) is 42.8 Å². The van der Waals surface area contributed by atoms with Crippen molar-refractivity contribution in [2.24, 2.45) is 17.8 Å². The number of carbonyl (C=O) groups excluding carboxylic acids is 2. The molecule has 0 radical (unpaired) electrons. The summed E-state index contributed by atoms with van der Waals surface area (Å²) in [6.07, 6.45) is 6.30. The summed E-state index contributed by atoms with van der Waals surface area (Å²) in [6.45, 7) is 3.78. The Hall–Kier alpha value is -3.20. The zero-order valence-corrected chi connectivity index (χ0v) is 21.6. The number of rotatable bonds is 8. The van der Waals surface area contributed by atoms with Crippen molar-refractivity contribution in [2.75, 3.05) is 20.3 Å². The third kappa shape index (κ3) is 4.89. The van der Waals surface area contributed by atoms with Crippen molar-refractivity contribution >= 4 is 17.6 Å². The zero-order valence-electron chi connectivity index (χ0n) is 21.6. The Morgan fingerprint density at radius 2 is 1.59 bits per heavy atom. The fourth-order valence-electron chi connectivity index (χ4n) is 7.39. The fourth-order valence-corrected chi connectivity index (χ4v) is 7.39. The molecule has 4 aliphatic carbocycles. The SMILES string of the molecule is COCCOC(=O)C1=C(C)NC(C)=C(C(=O)OC23CC4CC(CC(C4)C2)C3)[C@H]1c1cccc([N+](=O)[O-])c1. The van der Waals surface area contributed by atoms with Crippen LogP contribution in [0.15, 0.2) is 46.8 Å². The number of hydrogen-bond acceptors (Lipinski definition) is 8. The van der Waals surface area contributed by atoms with Gasteiger partial charge in [-0.3, -0.25) is 10.1 Å². The molecule has 0 saturated heterocycles. The van der Waals surface area contributed by atoms with Crippen LogP contribution < -0.4 is 5.32 Å². The molecular formula is C28H34N2O7. The summed E-state index contributed by atoms with van der Waals surface area (Å²) in [5.74, 6) is -0.152. The van der Waals surface area contributed by atoms with Gasteiger partial charge in [-0.05, 0) is 75.7 Å². The monoisotopic (exact) mass is 510 g/mol. The van der Waals surface area contributed by atoms with Gasteiger partial charge in [0.1, 0.15) is 12.2 Å². The third-order valence-corrected chi connectivity index (χ3v) is 8.43. The Labute approximate surface area is 216 Å². The molecule has 9 nitrogen and oxygen atoms in total. The fraction of sp³-hybridized carbons (Fsp3) is 0.571. The van der Waals surface area contributed by atoms with Gasteiger partial charge < -0.3 is 19.5 Å². The van der Waals surface area contributed by atoms with Crippen LogP contribution in [0.1, 0.15) is 63.9 Å². The first kappa shape index (κ1) is 25.4. The highest BCUT2D eigenvalue weighted by atomic mass is 16.6. The molecule has 0 unspecified atom stereocenters. The number of nitro groups is 1. The van der Waals surface area contributed by atoms with E-state index in [0.717, 1.165) is 19.3 Å². The van der Waals surface area contributed by atoms with Crippen LogP contribution in [0, 0.1) is 27.9 Å². The molecule has 4 saturated carbocycles. The van der Waals surface area contributed by atoms with Gasteiger partial charge in [0.05, 0.1) is 28.6 Å². The van der Waals surface area contributed by atoms with Gasteiger partial charge in [0, 0.05) is 30.6 Å². The number of non-ortho nitro benzene ring substituents is 1. The number of dihydropyridines is 1. The molecule has 1 atom stereocenters. The molecule has 6 rings (SSSR count). The van der Waals surface area contributed by atoms with Crippen LogP contribution in [0.4, 0.5) is 5.69 Å². The lowest BCUT2D eigenvalue weighted by atomic mass is 9.54. The maximum Gasteiger partial charge on any atom is 0.337 e. The van der Waals surface area contributed by atoms with Gasteiger partial charge in [0.15, 0.2) is 0 Å². The number of allylic oxidation sites excluding steroid dienone is 2. The molecule has 4 fully saturated rings. The highest BCUT2D eigenvalue weighted by Crippen LogP contribution is 2.57. The molecule has 1 aromatic carbocycles. The van der Waals surface area contributed by atoms with Crippen molar-refractivity contribution in [1.29, 1.82) is 0 Å². The summed E-state index contributed by atoms with van der Waals surface area (Å²) in [7, 11) is 1.51. The van der Waals surface area contributed by atoms with Crippen molar-refractivity contribution < 1.29 is 28.7 Å². The van der Waals surface area contributed by atoms with Crippen LogP contribution in [0.25, 0.3) is 0 Å². The van der Waals surface area contributed by atoms with E-state index in [1.807, 2.05) is 0 Å². The highest BCUT2D eigenvalue weighted by Gasteiger charge is 2.54. The molecule has 5 aliphatic rings. The molecule has 1 aromatic rings. The molecule has 198 valence electrons. The summed E-state index contributed by atoms with van der Waals surface area (Å²) in [5.41, 5.74) is 1.50. The number of esters is 2. The second kappa shape index (κ2) is 9.93. The Morgan fingerprint density at radius 1 is 1.00 bits per heavy atom. The first-order chi connectivity index (χ1) is 17.7. The van der Waals surface area contributed by atoms with Gasteiger partial charge in [-0.15, -0.1) is 0 Å². The predicted octanol–water partition coefficient (Wildman–Crippen LogP) is 4.53. The van der Waals surface area contributed by atoms with Gasteiger partial charge in [0.25, 0.3) is 5.69 Å². The minimum absolute atomic E-state index is 0.0452. The van der Waals surface area contributed by atoms with Crippen LogP contribution in [0.2, 0.25) is 0 Å². The van der Waals surface area contributed by atoms with E-state index in [4.69, 9.17) is 14.2 Å². The van der Waals surface area contributed by atoms with Crippen LogP contribution in [-0.2, 0) is 23.8 Å². The van der Waals surface area contributed by atoms with E-state index in [9.17, 15) is 19.7 Å². The maximum atomic E-state index is 14.0. The van der Waals surface area contributed by atoms with Gasteiger partial charge in [-0.1, -0.05) is 12.1 Å². The topological polar surface area (TPSA) is 117 Å². The number of hydrogen-bond donors (Lipinski definition) is 1. The van der Waals surface area contributed by atoms with E-state index in [-0.39, 0.29) is 24.5 Å². The zero-order chi connectivity index (χ0) is 26.3. The first-order valence-electron chi connectivity index (χ1n) is 13.0. The molecule has 0 aromatic heterocycles. The van der Waals surface area contributed by atoms with Gasteiger partial charge in [-0.2, -0.15) is 0 Å². The third-order valence-electron chi connectivity index (χ3n) is 8.43. The minimum atomic E-state index is -0.863. The number of nitro benzene ring substituents is 1. The number of nitrogens with one attached hydrogen (secondary N) is 1. The molecule has 9 heteroatoms. The van der Waals surface area contributed by atoms with E-state index in [0.29, 0.717) is 40.3 Å². The van der Waals surface area contributed by atoms with Crippen LogP contribution in [0.5, 0.6) is 0 Å². The maximum absolute atomic E-state index is 14.0. The van der Waals surface area contributed by atoms with Crippen LogP contribution in [0.3, 0.4) is 0 Å². The summed E-state index contributed by atoms with van der Waals surface area (Å²) in [5, 5.41) is 14.7. The average Bonchev–Trinajstić information content (AvgIpc) is 2.82. The Kier molecular flexibility index (Phi) is 6.83. The second-order valence-electron chi connectivity index (χ2n) is 11.1. The van der Waals surface area contributed by atoms with E-state index < -0.39 is 28.4 Å². The molecule has 37 heavy (non-hydrogen) atoms. The van der Waals surface area contributed by atoms with Crippen molar-refractivity contribution in [1.82, 2.24) is 5.32 Å². The standard InChI is InChI=1S/C28H34N2O7/c1-16-23(26(31)36-8-7-35-3)25(21-5-4-6-22(12-21)30(33)34)24(17(2)29-16)27(32)37-28-13-18-9-19(14-28)11-20(10-18)15-28/h4-6,12,18-20,25,29H,7-11,13-15H2,1-3H3/t18?,19?,20?,25-,28?/m0/s1. The Balaban J connectivity index is 1.51. The molecule has 1 heterocycles. The summed E-state index contributed by atoms with van der Waals surface area (Å²) >= 11 is 0. The minimum Gasteiger partial charge on any atom is -0.460 e. The molecule has 0 spiro atoms. The largest absolute Gasteiger partial charge is 0.460 e. The van der Waals surface area contributed by atoms with Crippen molar-refractivity contribution in [3.8, 4) is 0 Å². The molecule has 4 bridgehead atoms. The Bertz CT molecular complexity index is 1150. The summed E-state index contributed by atoms with van der Waals surface area (Å²) in [4.78, 5) is 38.3. The molecule has 1 aliphatic heterocycles. The smallest absolute Gasteiger partial charge is 0.337 e. The number of ether oxygens (including phenoxy) is 3. The lowest BCUT2D eigenvalue weighted by Gasteiger charge is -2.55. The van der Waals surface area contributed by atoms with Crippen molar-refractivity contribution in [3.63, 3.8) is 0 Å². The van der Waals surface area contributed by atoms with Gasteiger partial charge in [0.2, 0.25) is 0 Å². The molecular weight excluding hydrogens is 476 g/mol. The lowest BCUT2D eigenvalue weighted by Crippen LogP contribution is -2.53. The quantitative estimate of drug-likeness (QED) is 0.235. The number of methoxy groups -OCH3 is 1. The summed E-state index contributed by atoms with van der Waals surface area (Å²) < 4.78 is 16.8. The second-order valence-corrected chi connectivity index (χ2v) is 11.1. The molecule has 1 N–H and O–H groups in total. The normalized spacial score (nSPS) is 30.2. The van der Waals surface area contributed by atoms with Crippen molar-refractivity contribution in [3.05, 3.63) is 62.5 Å². The molecule has 0 amide bonds. The summed E-state index contributed by atoms with van der Waals surface area (Å²) in [6, 6.07) is 6.07. The lowest BCUT2D eigenvalue weighted by molar-refractivity contribution is -0.384. The average molecular weight is 511 g/mol. The highest BCUT2D eigenvalue weighted by molar-refractivity contribution is 6.00.